The van der Waals surface area contributed by atoms with Gasteiger partial charge in [0.05, 0.1) is 15.6 Å². The molecule has 0 saturated heterocycles. The molecule has 1 atom stereocenters. The number of aryl methyl sites for hydroxylation is 1. The maximum atomic E-state index is 14.6. The van der Waals surface area contributed by atoms with Crippen molar-refractivity contribution < 1.29 is 35.5 Å². The van der Waals surface area contributed by atoms with Gasteiger partial charge in [0.1, 0.15) is 11.7 Å². The van der Waals surface area contributed by atoms with Crippen LogP contribution in [0, 0.1) is 6.92 Å². The number of rotatable bonds is 4. The van der Waals surface area contributed by atoms with Crippen LogP contribution >= 0.6 is 23.2 Å². The third kappa shape index (κ3) is 5.35. The molecule has 30 heavy (non-hydrogen) atoms. The smallest absolute Gasteiger partial charge is 0.294 e. The number of carbonyl (C=O) groups is 1. The first kappa shape index (κ1) is 24.2. The van der Waals surface area contributed by atoms with Crippen LogP contribution in [-0.4, -0.2) is 12.0 Å². The summed E-state index contributed by atoms with van der Waals surface area (Å²) >= 11 is 11.6. The number of hydrogen-bond acceptors (Lipinski definition) is 1. The molecular weight excluding hydrogens is 460 g/mol. The molecule has 162 valence electrons. The van der Waals surface area contributed by atoms with E-state index in [2.05, 4.69) is 0 Å². The van der Waals surface area contributed by atoms with Crippen LogP contribution in [0.4, 0.5) is 30.7 Å². The van der Waals surface area contributed by atoms with E-state index in [1.54, 1.807) is 0 Å². The SMILES string of the molecule is CC(=O)c1ccc(/C(F)=C/C(c2cc(C)c(Cl)c(Cl)c2)C(F)(F)F)cc1C(F)(F)F. The van der Waals surface area contributed by atoms with Crippen LogP contribution in [0.5, 0.6) is 0 Å². The fourth-order valence-electron chi connectivity index (χ4n) is 2.79. The maximum Gasteiger partial charge on any atom is 0.417 e. The first-order valence-corrected chi connectivity index (χ1v) is 9.00. The Labute approximate surface area is 177 Å². The minimum Gasteiger partial charge on any atom is -0.294 e. The average Bonchev–Trinajstić information content (AvgIpc) is 2.61. The van der Waals surface area contributed by atoms with E-state index in [9.17, 15) is 35.5 Å². The summed E-state index contributed by atoms with van der Waals surface area (Å²) in [5.74, 6) is -4.95. The number of allylic oxidation sites excluding steroid dienone is 1. The number of hydrogen-bond donors (Lipinski definition) is 0. The van der Waals surface area contributed by atoms with Crippen molar-refractivity contribution in [3.05, 3.63) is 74.3 Å². The Bertz CT molecular complexity index is 984. The van der Waals surface area contributed by atoms with Gasteiger partial charge in [-0.25, -0.2) is 4.39 Å². The summed E-state index contributed by atoms with van der Waals surface area (Å²) in [5, 5.41) is -0.152. The van der Waals surface area contributed by atoms with Crippen molar-refractivity contribution in [1.29, 1.82) is 0 Å². The number of ketones is 1. The molecule has 0 heterocycles. The predicted molar refractivity (Wildman–Crippen MR) is 101 cm³/mol. The average molecular weight is 473 g/mol. The van der Waals surface area contributed by atoms with Gasteiger partial charge in [0.25, 0.3) is 0 Å². The minimum atomic E-state index is -5.00. The molecule has 0 saturated carbocycles. The summed E-state index contributed by atoms with van der Waals surface area (Å²) in [6.07, 6.45) is -9.81. The number of halogens is 9. The van der Waals surface area contributed by atoms with Crippen LogP contribution in [0.3, 0.4) is 0 Å². The van der Waals surface area contributed by atoms with E-state index < -0.39 is 52.1 Å². The fourth-order valence-corrected chi connectivity index (χ4v) is 3.17. The Morgan fingerprint density at radius 2 is 1.63 bits per heavy atom. The highest BCUT2D eigenvalue weighted by Crippen LogP contribution is 2.41. The molecule has 0 aliphatic rings. The molecule has 0 spiro atoms. The molecule has 2 rings (SSSR count). The molecule has 1 unspecified atom stereocenters. The Morgan fingerprint density at radius 3 is 2.10 bits per heavy atom. The van der Waals surface area contributed by atoms with Gasteiger partial charge in [-0.2, -0.15) is 26.3 Å². The number of Topliss-reactive ketones (excluding diaryl/α,β-unsaturated/α-hetero) is 1. The number of carbonyl (C=O) groups excluding carboxylic acids is 1. The molecule has 0 aliphatic carbocycles. The molecular formula is C20H13Cl2F7O. The molecule has 0 amide bonds. The molecule has 2 aromatic rings. The van der Waals surface area contributed by atoms with E-state index in [4.69, 9.17) is 23.2 Å². The van der Waals surface area contributed by atoms with Gasteiger partial charge in [0.2, 0.25) is 0 Å². The van der Waals surface area contributed by atoms with Crippen LogP contribution in [0.2, 0.25) is 10.0 Å². The summed E-state index contributed by atoms with van der Waals surface area (Å²) in [6, 6.07) is 3.82. The highest BCUT2D eigenvalue weighted by atomic mass is 35.5. The lowest BCUT2D eigenvalue weighted by Gasteiger charge is -2.19. The summed E-state index contributed by atoms with van der Waals surface area (Å²) < 4.78 is 94.9. The Morgan fingerprint density at radius 1 is 1.03 bits per heavy atom. The second kappa shape index (κ2) is 8.59. The van der Waals surface area contributed by atoms with Crippen LogP contribution < -0.4 is 0 Å². The summed E-state index contributed by atoms with van der Waals surface area (Å²) in [5.41, 5.74) is -3.12. The Kier molecular flexibility index (Phi) is 6.93. The summed E-state index contributed by atoms with van der Waals surface area (Å²) in [7, 11) is 0. The monoisotopic (exact) mass is 472 g/mol. The fraction of sp³-hybridized carbons (Fsp3) is 0.250. The number of benzene rings is 2. The van der Waals surface area contributed by atoms with E-state index in [1.807, 2.05) is 0 Å². The zero-order valence-electron chi connectivity index (χ0n) is 15.4. The molecule has 10 heteroatoms. The highest BCUT2D eigenvalue weighted by molar-refractivity contribution is 6.42. The molecule has 0 aliphatic heterocycles. The zero-order chi connectivity index (χ0) is 23.0. The standard InChI is InChI=1S/C20H13Cl2F7O/c1-9-5-12(7-16(21)18(9)22)14(19(24,25)26)8-17(23)11-3-4-13(10(2)30)15(6-11)20(27,28)29/h3-8,14H,1-2H3/b17-8-. The van der Waals surface area contributed by atoms with Crippen LogP contribution in [0.1, 0.15) is 45.5 Å². The van der Waals surface area contributed by atoms with Crippen molar-refractivity contribution in [2.75, 3.05) is 0 Å². The molecule has 1 nitrogen and oxygen atoms in total. The van der Waals surface area contributed by atoms with E-state index in [1.165, 1.54) is 6.92 Å². The van der Waals surface area contributed by atoms with Gasteiger partial charge in [0.15, 0.2) is 5.78 Å². The lowest BCUT2D eigenvalue weighted by atomic mass is 9.94. The van der Waals surface area contributed by atoms with Crippen LogP contribution in [0.25, 0.3) is 5.83 Å². The van der Waals surface area contributed by atoms with E-state index in [-0.39, 0.29) is 21.7 Å². The van der Waals surface area contributed by atoms with E-state index in [0.717, 1.165) is 31.2 Å². The second-order valence-electron chi connectivity index (χ2n) is 6.48. The van der Waals surface area contributed by atoms with Crippen molar-refractivity contribution in [2.24, 2.45) is 0 Å². The van der Waals surface area contributed by atoms with Crippen molar-refractivity contribution >= 4 is 34.8 Å². The first-order chi connectivity index (χ1) is 13.6. The maximum absolute atomic E-state index is 14.6. The Balaban J connectivity index is 2.62. The summed E-state index contributed by atoms with van der Waals surface area (Å²) in [6.45, 7) is 2.30. The third-order valence-corrected chi connectivity index (χ3v) is 5.13. The van der Waals surface area contributed by atoms with Crippen molar-refractivity contribution in [3.63, 3.8) is 0 Å². The minimum absolute atomic E-state index is 0.0282. The number of alkyl halides is 6. The van der Waals surface area contributed by atoms with Crippen molar-refractivity contribution in [2.45, 2.75) is 32.1 Å². The zero-order valence-corrected chi connectivity index (χ0v) is 16.9. The summed E-state index contributed by atoms with van der Waals surface area (Å²) in [4.78, 5) is 11.4. The Hall–Kier alpha value is -2.06. The van der Waals surface area contributed by atoms with Gasteiger partial charge >= 0.3 is 12.4 Å². The van der Waals surface area contributed by atoms with Crippen molar-refractivity contribution in [3.8, 4) is 0 Å². The molecule has 0 aromatic heterocycles. The predicted octanol–water partition coefficient (Wildman–Crippen LogP) is 8.18. The van der Waals surface area contributed by atoms with Crippen LogP contribution in [0.15, 0.2) is 36.4 Å². The normalized spacial score (nSPS) is 14.0. The molecule has 0 fully saturated rings. The second-order valence-corrected chi connectivity index (χ2v) is 7.27. The topological polar surface area (TPSA) is 17.1 Å². The lowest BCUT2D eigenvalue weighted by molar-refractivity contribution is -0.140. The first-order valence-electron chi connectivity index (χ1n) is 8.25. The molecule has 2 aromatic carbocycles. The van der Waals surface area contributed by atoms with Crippen LogP contribution in [-0.2, 0) is 6.18 Å². The van der Waals surface area contributed by atoms with E-state index in [0.29, 0.717) is 6.07 Å². The largest absolute Gasteiger partial charge is 0.417 e. The van der Waals surface area contributed by atoms with Gasteiger partial charge in [0, 0.05) is 11.1 Å². The van der Waals surface area contributed by atoms with Gasteiger partial charge in [-0.1, -0.05) is 41.4 Å². The van der Waals surface area contributed by atoms with Crippen molar-refractivity contribution in [1.82, 2.24) is 0 Å². The van der Waals surface area contributed by atoms with Gasteiger partial charge in [-0.05, 0) is 43.2 Å². The van der Waals surface area contributed by atoms with Gasteiger partial charge < -0.3 is 0 Å². The van der Waals surface area contributed by atoms with E-state index >= 15 is 0 Å². The quantitative estimate of drug-likeness (QED) is 0.323. The molecule has 0 bridgehead atoms. The van der Waals surface area contributed by atoms with Gasteiger partial charge in [-0.3, -0.25) is 4.79 Å². The molecule has 0 radical (unpaired) electrons. The van der Waals surface area contributed by atoms with Gasteiger partial charge in [-0.15, -0.1) is 0 Å². The highest BCUT2D eigenvalue weighted by Gasteiger charge is 2.40. The third-order valence-electron chi connectivity index (χ3n) is 4.24. The lowest BCUT2D eigenvalue weighted by Crippen LogP contribution is -2.19. The molecule has 0 N–H and O–H groups in total.